The number of aliphatic hydroxyl groups excluding tert-OH is 2. The quantitative estimate of drug-likeness (QED) is 0.591. The summed E-state index contributed by atoms with van der Waals surface area (Å²) in [5.41, 5.74) is -0.815. The first kappa shape index (κ1) is 18.4. The maximum atomic E-state index is 12.1. The van der Waals surface area contributed by atoms with Crippen molar-refractivity contribution in [3.05, 3.63) is 28.5 Å². The van der Waals surface area contributed by atoms with Crippen LogP contribution in [0.25, 0.3) is 0 Å². The first-order valence-electron chi connectivity index (χ1n) is 7.22. The molecule has 130 valence electrons. The maximum absolute atomic E-state index is 12.1. The molecule has 2 rings (SSSR count). The molecular formula is C15H18N2O6S. The molecule has 1 heterocycles. The molecule has 3 N–H and O–H groups in total. The zero-order valence-electron chi connectivity index (χ0n) is 13.2. The van der Waals surface area contributed by atoms with Crippen molar-refractivity contribution >= 4 is 29.2 Å². The van der Waals surface area contributed by atoms with Gasteiger partial charge in [0, 0.05) is 23.8 Å². The number of thioether (sulfide) groups is 1. The first-order chi connectivity index (χ1) is 11.3. The molecule has 0 unspecified atom stereocenters. The third kappa shape index (κ3) is 3.74. The number of Topliss-reactive ketones (excluding diaryl/α,β-unsaturated/α-hetero) is 1. The number of aromatic nitrogens is 1. The molecule has 1 aromatic heterocycles. The van der Waals surface area contributed by atoms with E-state index in [-0.39, 0.29) is 35.2 Å². The summed E-state index contributed by atoms with van der Waals surface area (Å²) in [5.74, 6) is -1.09. The van der Waals surface area contributed by atoms with Crippen molar-refractivity contribution in [2.24, 2.45) is 5.41 Å². The van der Waals surface area contributed by atoms with E-state index in [1.807, 2.05) is 0 Å². The smallest absolute Gasteiger partial charge is 0.249 e. The van der Waals surface area contributed by atoms with Crippen molar-refractivity contribution in [3.8, 4) is 0 Å². The number of fused-ring (bicyclic) bond motifs is 1. The Balaban J connectivity index is 1.84. The monoisotopic (exact) mass is 354 g/mol. The summed E-state index contributed by atoms with van der Waals surface area (Å²) in [6.07, 6.45) is 1.05. The van der Waals surface area contributed by atoms with Gasteiger partial charge in [0.15, 0.2) is 0 Å². The van der Waals surface area contributed by atoms with Gasteiger partial charge in [0.05, 0.1) is 23.3 Å². The molecular weight excluding hydrogens is 336 g/mol. The third-order valence-corrected chi connectivity index (χ3v) is 4.60. The highest BCUT2D eigenvalue weighted by Crippen LogP contribution is 2.28. The van der Waals surface area contributed by atoms with Crippen LogP contribution in [0.15, 0.2) is 21.7 Å². The standard InChI is InChI=1S/C15H18N2O6S/c1-15(2,7-18)13(21)14(22)16-3-4-24-10-5-9(19)12-8(11(10)20)6-17-23-12/h5-6,13,18,21H,3-4,7H2,1-2H3,(H,16,22)/t13-/m0/s1. The molecule has 8 nitrogen and oxygen atoms in total. The fraction of sp³-hybridized carbons (Fsp3) is 0.467. The lowest BCUT2D eigenvalue weighted by Gasteiger charge is -2.27. The minimum Gasteiger partial charge on any atom is -0.396 e. The van der Waals surface area contributed by atoms with Gasteiger partial charge in [-0.2, -0.15) is 0 Å². The average molecular weight is 354 g/mol. The third-order valence-electron chi connectivity index (χ3n) is 3.58. The zero-order chi connectivity index (χ0) is 17.9. The number of hydrogen-bond acceptors (Lipinski definition) is 8. The normalized spacial score (nSPS) is 15.8. The number of hydrogen-bond donors (Lipinski definition) is 3. The zero-order valence-corrected chi connectivity index (χ0v) is 14.1. The molecule has 1 amide bonds. The number of carbonyl (C=O) groups is 3. The van der Waals surface area contributed by atoms with Crippen LogP contribution in [-0.4, -0.2) is 57.9 Å². The summed E-state index contributed by atoms with van der Waals surface area (Å²) in [6.45, 7) is 3.00. The van der Waals surface area contributed by atoms with Crippen molar-refractivity contribution < 1.29 is 29.1 Å². The molecule has 1 atom stereocenters. The van der Waals surface area contributed by atoms with Crippen LogP contribution in [0, 0.1) is 5.41 Å². The van der Waals surface area contributed by atoms with Gasteiger partial charge < -0.3 is 20.1 Å². The molecule has 1 aromatic rings. The Morgan fingerprint density at radius 3 is 2.83 bits per heavy atom. The number of amides is 1. The van der Waals surface area contributed by atoms with E-state index in [0.29, 0.717) is 5.75 Å². The number of carbonyl (C=O) groups excluding carboxylic acids is 3. The van der Waals surface area contributed by atoms with Crippen molar-refractivity contribution in [1.29, 1.82) is 0 Å². The summed E-state index contributed by atoms with van der Waals surface area (Å²) >= 11 is 1.12. The van der Waals surface area contributed by atoms with Crippen LogP contribution in [0.1, 0.15) is 34.8 Å². The SMILES string of the molecule is CC(C)(CO)[C@@H](O)C(=O)NCCSC1=CC(=O)c2oncc2C1=O. The van der Waals surface area contributed by atoms with Gasteiger partial charge in [-0.25, -0.2) is 0 Å². The van der Waals surface area contributed by atoms with E-state index in [0.717, 1.165) is 11.8 Å². The van der Waals surface area contributed by atoms with Crippen molar-refractivity contribution in [2.75, 3.05) is 18.9 Å². The van der Waals surface area contributed by atoms with E-state index >= 15 is 0 Å². The van der Waals surface area contributed by atoms with Gasteiger partial charge in [0.25, 0.3) is 0 Å². The molecule has 1 aliphatic rings. The predicted molar refractivity (Wildman–Crippen MR) is 85.6 cm³/mol. The van der Waals surface area contributed by atoms with Crippen LogP contribution < -0.4 is 5.32 Å². The van der Waals surface area contributed by atoms with Gasteiger partial charge in [-0.15, -0.1) is 11.8 Å². The molecule has 0 fully saturated rings. The second-order valence-corrected chi connectivity index (χ2v) is 7.10. The number of aliphatic hydroxyl groups is 2. The number of rotatable bonds is 7. The van der Waals surface area contributed by atoms with E-state index < -0.39 is 23.2 Å². The lowest BCUT2D eigenvalue weighted by Crippen LogP contribution is -2.46. The van der Waals surface area contributed by atoms with Crippen LogP contribution in [0.4, 0.5) is 0 Å². The largest absolute Gasteiger partial charge is 0.396 e. The minimum absolute atomic E-state index is 0.0630. The lowest BCUT2D eigenvalue weighted by molar-refractivity contribution is -0.136. The molecule has 0 aliphatic heterocycles. The second-order valence-electron chi connectivity index (χ2n) is 5.96. The van der Waals surface area contributed by atoms with Gasteiger partial charge in [0.1, 0.15) is 6.10 Å². The summed E-state index contributed by atoms with van der Waals surface area (Å²) in [5, 5.41) is 25.0. The highest BCUT2D eigenvalue weighted by atomic mass is 32.2. The van der Waals surface area contributed by atoms with Gasteiger partial charge in [-0.1, -0.05) is 19.0 Å². The summed E-state index contributed by atoms with van der Waals surface area (Å²) in [4.78, 5) is 36.0. The molecule has 9 heteroatoms. The molecule has 0 saturated carbocycles. The Labute approximate surface area is 142 Å². The van der Waals surface area contributed by atoms with Crippen molar-refractivity contribution in [2.45, 2.75) is 20.0 Å². The fourth-order valence-corrected chi connectivity index (χ4v) is 2.80. The van der Waals surface area contributed by atoms with Gasteiger partial charge >= 0.3 is 0 Å². The molecule has 1 aliphatic carbocycles. The molecule has 0 bridgehead atoms. The van der Waals surface area contributed by atoms with Gasteiger partial charge in [-0.3, -0.25) is 14.4 Å². The highest BCUT2D eigenvalue weighted by Gasteiger charge is 2.33. The van der Waals surface area contributed by atoms with Crippen LogP contribution in [0.5, 0.6) is 0 Å². The molecule has 0 aromatic carbocycles. The number of ketones is 2. The predicted octanol–water partition coefficient (Wildman–Crippen LogP) is 0.166. The Bertz CT molecular complexity index is 694. The summed E-state index contributed by atoms with van der Waals surface area (Å²) in [7, 11) is 0. The number of nitrogens with zero attached hydrogens (tertiary/aromatic N) is 1. The highest BCUT2D eigenvalue weighted by molar-refractivity contribution is 8.04. The van der Waals surface area contributed by atoms with E-state index in [1.54, 1.807) is 13.8 Å². The average Bonchev–Trinajstić information content (AvgIpc) is 3.05. The van der Waals surface area contributed by atoms with Gasteiger partial charge in [0.2, 0.25) is 23.2 Å². The molecule has 0 radical (unpaired) electrons. The van der Waals surface area contributed by atoms with Crippen molar-refractivity contribution in [3.63, 3.8) is 0 Å². The number of allylic oxidation sites excluding steroid dienone is 2. The molecule has 0 saturated heterocycles. The maximum Gasteiger partial charge on any atom is 0.249 e. The van der Waals surface area contributed by atoms with Crippen LogP contribution in [-0.2, 0) is 4.79 Å². The van der Waals surface area contributed by atoms with E-state index in [1.165, 1.54) is 12.3 Å². The summed E-state index contributed by atoms with van der Waals surface area (Å²) in [6, 6.07) is 0. The first-order valence-corrected chi connectivity index (χ1v) is 8.21. The van der Waals surface area contributed by atoms with Crippen molar-refractivity contribution in [1.82, 2.24) is 10.5 Å². The Morgan fingerprint density at radius 1 is 1.46 bits per heavy atom. The molecule has 24 heavy (non-hydrogen) atoms. The Hall–Kier alpha value is -1.97. The topological polar surface area (TPSA) is 130 Å². The van der Waals surface area contributed by atoms with Crippen LogP contribution in [0.3, 0.4) is 0 Å². The van der Waals surface area contributed by atoms with E-state index in [2.05, 4.69) is 10.5 Å². The van der Waals surface area contributed by atoms with E-state index in [9.17, 15) is 19.5 Å². The molecule has 0 spiro atoms. The van der Waals surface area contributed by atoms with Crippen LogP contribution in [0.2, 0.25) is 0 Å². The second kappa shape index (κ2) is 7.29. The number of nitrogens with one attached hydrogen (secondary N) is 1. The van der Waals surface area contributed by atoms with Gasteiger partial charge in [-0.05, 0) is 0 Å². The Morgan fingerprint density at radius 2 is 2.17 bits per heavy atom. The lowest BCUT2D eigenvalue weighted by atomic mass is 9.87. The summed E-state index contributed by atoms with van der Waals surface area (Å²) < 4.78 is 4.73. The Kier molecular flexibility index (Phi) is 5.58. The fourth-order valence-electron chi connectivity index (χ4n) is 1.94. The minimum atomic E-state index is -1.34. The van der Waals surface area contributed by atoms with Crippen LogP contribution >= 0.6 is 11.8 Å². The van der Waals surface area contributed by atoms with E-state index in [4.69, 9.17) is 9.63 Å².